The van der Waals surface area contributed by atoms with E-state index in [2.05, 4.69) is 21.1 Å². The van der Waals surface area contributed by atoms with Gasteiger partial charge in [-0.05, 0) is 56.4 Å². The van der Waals surface area contributed by atoms with Gasteiger partial charge in [0, 0.05) is 31.4 Å². The standard InChI is InChI=1S/C17H27N3/c1-2-15(14-5-6-14)10-16(3-1)19-11-13-4-7-17-18-8-9-20(17)12-13/h8-9,13-16,19H,1-7,10-12H2/t13-,15-,16+/m1/s1. The molecule has 110 valence electrons. The van der Waals surface area contributed by atoms with Gasteiger partial charge in [0.15, 0.2) is 0 Å². The minimum absolute atomic E-state index is 0.804. The molecule has 0 bridgehead atoms. The fourth-order valence-electron chi connectivity index (χ4n) is 4.35. The molecule has 0 radical (unpaired) electrons. The fraction of sp³-hybridized carbons (Fsp3) is 0.824. The van der Waals surface area contributed by atoms with Crippen LogP contribution in [0.2, 0.25) is 0 Å². The Morgan fingerprint density at radius 1 is 1.15 bits per heavy atom. The molecule has 0 unspecified atom stereocenters. The largest absolute Gasteiger partial charge is 0.335 e. The van der Waals surface area contributed by atoms with Crippen LogP contribution in [0, 0.1) is 17.8 Å². The zero-order valence-corrected chi connectivity index (χ0v) is 12.4. The molecule has 1 aromatic rings. The number of aromatic nitrogens is 2. The summed E-state index contributed by atoms with van der Waals surface area (Å²) in [5, 5.41) is 3.89. The van der Waals surface area contributed by atoms with Crippen molar-refractivity contribution in [3.8, 4) is 0 Å². The molecule has 20 heavy (non-hydrogen) atoms. The van der Waals surface area contributed by atoms with Crippen molar-refractivity contribution >= 4 is 0 Å². The van der Waals surface area contributed by atoms with Gasteiger partial charge in [-0.1, -0.05) is 12.8 Å². The first-order chi connectivity index (χ1) is 9.88. The average molecular weight is 273 g/mol. The zero-order chi connectivity index (χ0) is 13.4. The maximum atomic E-state index is 4.42. The van der Waals surface area contributed by atoms with Crippen molar-refractivity contribution in [2.45, 2.75) is 64.0 Å². The molecule has 3 aliphatic rings. The monoisotopic (exact) mass is 273 g/mol. The lowest BCUT2D eigenvalue weighted by Gasteiger charge is -2.32. The van der Waals surface area contributed by atoms with Crippen LogP contribution in [0.3, 0.4) is 0 Å². The quantitative estimate of drug-likeness (QED) is 0.914. The lowest BCUT2D eigenvalue weighted by Crippen LogP contribution is -2.39. The van der Waals surface area contributed by atoms with Crippen molar-refractivity contribution in [2.75, 3.05) is 6.54 Å². The third-order valence-corrected chi connectivity index (χ3v) is 5.73. The van der Waals surface area contributed by atoms with Crippen molar-refractivity contribution < 1.29 is 0 Å². The molecule has 4 rings (SSSR count). The molecule has 2 fully saturated rings. The van der Waals surface area contributed by atoms with E-state index in [0.717, 1.165) is 30.2 Å². The first-order valence-electron chi connectivity index (χ1n) is 8.62. The van der Waals surface area contributed by atoms with Crippen LogP contribution in [0.1, 0.15) is 50.8 Å². The molecule has 0 spiro atoms. The Labute approximate surface area is 122 Å². The van der Waals surface area contributed by atoms with E-state index in [0.29, 0.717) is 0 Å². The third kappa shape index (κ3) is 2.78. The van der Waals surface area contributed by atoms with E-state index in [1.165, 1.54) is 63.9 Å². The Balaban J connectivity index is 1.26. The van der Waals surface area contributed by atoms with Gasteiger partial charge in [-0.15, -0.1) is 0 Å². The molecule has 3 nitrogen and oxygen atoms in total. The molecule has 1 aromatic heterocycles. The molecule has 1 aliphatic heterocycles. The summed E-state index contributed by atoms with van der Waals surface area (Å²) in [6, 6.07) is 0.804. The number of hydrogen-bond donors (Lipinski definition) is 1. The third-order valence-electron chi connectivity index (χ3n) is 5.73. The molecule has 0 amide bonds. The fourth-order valence-corrected chi connectivity index (χ4v) is 4.35. The van der Waals surface area contributed by atoms with E-state index in [4.69, 9.17) is 0 Å². The SMILES string of the molecule is c1cn2c(n1)CC[C@H](CN[C@H]1CCC[C@@H](C3CC3)C1)C2. The highest BCUT2D eigenvalue weighted by molar-refractivity contribution is 4.97. The van der Waals surface area contributed by atoms with Crippen LogP contribution >= 0.6 is 0 Å². The minimum atomic E-state index is 0.804. The number of fused-ring (bicyclic) bond motifs is 1. The lowest BCUT2D eigenvalue weighted by atomic mass is 9.82. The first kappa shape index (κ1) is 12.9. The Kier molecular flexibility index (Phi) is 3.55. The Bertz CT molecular complexity index is 449. The van der Waals surface area contributed by atoms with E-state index in [-0.39, 0.29) is 0 Å². The Morgan fingerprint density at radius 3 is 3.00 bits per heavy atom. The summed E-state index contributed by atoms with van der Waals surface area (Å²) in [6.45, 7) is 2.38. The van der Waals surface area contributed by atoms with E-state index < -0.39 is 0 Å². The molecule has 2 aliphatic carbocycles. The number of nitrogens with zero attached hydrogens (tertiary/aromatic N) is 2. The number of rotatable bonds is 4. The van der Waals surface area contributed by atoms with Crippen molar-refractivity contribution in [3.63, 3.8) is 0 Å². The summed E-state index contributed by atoms with van der Waals surface area (Å²) in [5.74, 6) is 4.24. The van der Waals surface area contributed by atoms with Crippen LogP contribution in [-0.4, -0.2) is 22.1 Å². The molecule has 3 atom stereocenters. The van der Waals surface area contributed by atoms with Gasteiger partial charge in [0.2, 0.25) is 0 Å². The highest BCUT2D eigenvalue weighted by atomic mass is 15.1. The van der Waals surface area contributed by atoms with Crippen LogP contribution in [0.5, 0.6) is 0 Å². The van der Waals surface area contributed by atoms with Crippen LogP contribution < -0.4 is 5.32 Å². The normalized spacial score (nSPS) is 33.9. The first-order valence-corrected chi connectivity index (χ1v) is 8.62. The van der Waals surface area contributed by atoms with Crippen molar-refractivity contribution in [1.82, 2.24) is 14.9 Å². The van der Waals surface area contributed by atoms with Gasteiger partial charge >= 0.3 is 0 Å². The van der Waals surface area contributed by atoms with E-state index >= 15 is 0 Å². The number of hydrogen-bond acceptors (Lipinski definition) is 2. The highest BCUT2D eigenvalue weighted by Gasteiger charge is 2.34. The van der Waals surface area contributed by atoms with Crippen LogP contribution in [0.25, 0.3) is 0 Å². The molecular weight excluding hydrogens is 246 g/mol. The number of imidazole rings is 1. The smallest absolute Gasteiger partial charge is 0.108 e. The summed E-state index contributed by atoms with van der Waals surface area (Å²) in [7, 11) is 0. The summed E-state index contributed by atoms with van der Waals surface area (Å²) >= 11 is 0. The van der Waals surface area contributed by atoms with Gasteiger partial charge in [0.25, 0.3) is 0 Å². The van der Waals surface area contributed by atoms with Gasteiger partial charge in [-0.2, -0.15) is 0 Å². The molecule has 2 saturated carbocycles. The van der Waals surface area contributed by atoms with E-state index in [1.54, 1.807) is 0 Å². The second kappa shape index (κ2) is 5.51. The maximum absolute atomic E-state index is 4.42. The molecule has 3 heteroatoms. The van der Waals surface area contributed by atoms with Gasteiger partial charge in [0.1, 0.15) is 5.82 Å². The molecule has 0 saturated heterocycles. The number of aryl methyl sites for hydroxylation is 1. The number of nitrogens with one attached hydrogen (secondary N) is 1. The summed E-state index contributed by atoms with van der Waals surface area (Å²) in [5.41, 5.74) is 0. The zero-order valence-electron chi connectivity index (χ0n) is 12.4. The van der Waals surface area contributed by atoms with Crippen LogP contribution in [0.4, 0.5) is 0 Å². The molecule has 0 aromatic carbocycles. The summed E-state index contributed by atoms with van der Waals surface area (Å²) in [6.07, 6.45) is 15.4. The molecule has 1 N–H and O–H groups in total. The Hall–Kier alpha value is -0.830. The second-order valence-electron chi connectivity index (χ2n) is 7.27. The predicted octanol–water partition coefficient (Wildman–Crippen LogP) is 3.00. The minimum Gasteiger partial charge on any atom is -0.335 e. The maximum Gasteiger partial charge on any atom is 0.108 e. The topological polar surface area (TPSA) is 29.9 Å². The van der Waals surface area contributed by atoms with Crippen molar-refractivity contribution in [2.24, 2.45) is 17.8 Å². The van der Waals surface area contributed by atoms with E-state index in [1.807, 2.05) is 6.20 Å². The van der Waals surface area contributed by atoms with Crippen LogP contribution in [-0.2, 0) is 13.0 Å². The molecular formula is C17H27N3. The van der Waals surface area contributed by atoms with Crippen LogP contribution in [0.15, 0.2) is 12.4 Å². The van der Waals surface area contributed by atoms with Gasteiger partial charge < -0.3 is 9.88 Å². The molecule has 2 heterocycles. The Morgan fingerprint density at radius 2 is 2.10 bits per heavy atom. The summed E-state index contributed by atoms with van der Waals surface area (Å²) < 4.78 is 2.35. The second-order valence-corrected chi connectivity index (χ2v) is 7.27. The lowest BCUT2D eigenvalue weighted by molar-refractivity contribution is 0.242. The summed E-state index contributed by atoms with van der Waals surface area (Å²) in [4.78, 5) is 4.42. The van der Waals surface area contributed by atoms with Gasteiger partial charge in [0.05, 0.1) is 0 Å². The van der Waals surface area contributed by atoms with Crippen molar-refractivity contribution in [3.05, 3.63) is 18.2 Å². The van der Waals surface area contributed by atoms with Gasteiger partial charge in [-0.25, -0.2) is 4.98 Å². The average Bonchev–Trinajstić information content (AvgIpc) is 3.24. The highest BCUT2D eigenvalue weighted by Crippen LogP contribution is 2.43. The van der Waals surface area contributed by atoms with Gasteiger partial charge in [-0.3, -0.25) is 0 Å². The van der Waals surface area contributed by atoms with Crippen molar-refractivity contribution in [1.29, 1.82) is 0 Å². The van der Waals surface area contributed by atoms with E-state index in [9.17, 15) is 0 Å². The predicted molar refractivity (Wildman–Crippen MR) is 80.5 cm³/mol.